The van der Waals surface area contributed by atoms with Gasteiger partial charge in [0, 0.05) is 51.9 Å². The van der Waals surface area contributed by atoms with Gasteiger partial charge >= 0.3 is 6.18 Å². The summed E-state index contributed by atoms with van der Waals surface area (Å²) in [6.45, 7) is 1.34. The Balaban J connectivity index is 1.75. The number of H-pyrrole nitrogens is 1. The molecule has 2 aromatic heterocycles. The van der Waals surface area contributed by atoms with E-state index in [1.54, 1.807) is 12.4 Å². The summed E-state index contributed by atoms with van der Waals surface area (Å²) < 4.78 is 42.6. The number of rotatable bonds is 6. The smallest absolute Gasteiger partial charge is 0.361 e. The highest BCUT2D eigenvalue weighted by molar-refractivity contribution is 6.50. The van der Waals surface area contributed by atoms with E-state index in [4.69, 9.17) is 0 Å². The van der Waals surface area contributed by atoms with Crippen molar-refractivity contribution in [3.63, 3.8) is 0 Å². The molecule has 5 rings (SSSR count). The van der Waals surface area contributed by atoms with E-state index < -0.39 is 23.6 Å². The number of nitrogens with one attached hydrogen (secondary N) is 2. The van der Waals surface area contributed by atoms with E-state index in [9.17, 15) is 22.8 Å². The second kappa shape index (κ2) is 8.42. The quantitative estimate of drug-likeness (QED) is 0.395. The third-order valence-corrected chi connectivity index (χ3v) is 6.27. The van der Waals surface area contributed by atoms with Gasteiger partial charge in [-0.3, -0.25) is 14.9 Å². The van der Waals surface area contributed by atoms with Crippen molar-refractivity contribution in [3.8, 4) is 0 Å². The number of halogens is 3. The molecule has 1 aliphatic rings. The number of imide groups is 1. The molecule has 0 saturated heterocycles. The standard InChI is InChI=1S/C26H23F3N4O2/c1-32(2)10-5-11-33-14-19(17-12-15(26(27,28)29)8-9-21(17)33)23-22(24(34)31-25(23)35)18-13-30-20-7-4-3-6-16(18)20/h3-4,6-9,12-14,30H,5,10-11H2,1-2H3,(H,31,34,35). The number of aromatic nitrogens is 2. The van der Waals surface area contributed by atoms with Crippen molar-refractivity contribution in [1.29, 1.82) is 0 Å². The molecule has 1 aliphatic heterocycles. The van der Waals surface area contributed by atoms with E-state index in [0.29, 0.717) is 23.2 Å². The lowest BCUT2D eigenvalue weighted by Crippen LogP contribution is -2.22. The topological polar surface area (TPSA) is 70.1 Å². The molecule has 0 bridgehead atoms. The summed E-state index contributed by atoms with van der Waals surface area (Å²) in [6, 6.07) is 10.9. The summed E-state index contributed by atoms with van der Waals surface area (Å²) in [7, 11) is 3.89. The summed E-state index contributed by atoms with van der Waals surface area (Å²) in [5.74, 6) is -1.20. The highest BCUT2D eigenvalue weighted by atomic mass is 19.4. The predicted octanol–water partition coefficient (Wildman–Crippen LogP) is 4.66. The lowest BCUT2D eigenvalue weighted by molar-refractivity contribution is -0.137. The molecule has 0 aliphatic carbocycles. The number of fused-ring (bicyclic) bond motifs is 2. The van der Waals surface area contributed by atoms with E-state index >= 15 is 0 Å². The maximum atomic E-state index is 13.6. The first kappa shape index (κ1) is 22.9. The highest BCUT2D eigenvalue weighted by Crippen LogP contribution is 2.40. The SMILES string of the molecule is CN(C)CCCn1cc(C2=C(c3c[nH]c4ccccc34)C(=O)NC2=O)c2cc(C(F)(F)F)ccc21. The van der Waals surface area contributed by atoms with Crippen molar-refractivity contribution in [1.82, 2.24) is 19.8 Å². The fourth-order valence-electron chi connectivity index (χ4n) is 4.66. The Morgan fingerprint density at radius 2 is 1.66 bits per heavy atom. The zero-order valence-corrected chi connectivity index (χ0v) is 19.2. The van der Waals surface area contributed by atoms with Gasteiger partial charge in [-0.25, -0.2) is 0 Å². The Kier molecular flexibility index (Phi) is 5.52. The van der Waals surface area contributed by atoms with Gasteiger partial charge in [0.2, 0.25) is 0 Å². The molecule has 0 saturated carbocycles. The van der Waals surface area contributed by atoms with E-state index in [1.807, 2.05) is 47.8 Å². The number of hydrogen-bond donors (Lipinski definition) is 2. The highest BCUT2D eigenvalue weighted by Gasteiger charge is 2.36. The van der Waals surface area contributed by atoms with Crippen LogP contribution >= 0.6 is 0 Å². The van der Waals surface area contributed by atoms with Crippen molar-refractivity contribution < 1.29 is 22.8 Å². The lowest BCUT2D eigenvalue weighted by atomic mass is 9.95. The zero-order valence-electron chi connectivity index (χ0n) is 19.2. The van der Waals surface area contributed by atoms with Gasteiger partial charge < -0.3 is 14.5 Å². The van der Waals surface area contributed by atoms with Crippen molar-refractivity contribution in [2.75, 3.05) is 20.6 Å². The second-order valence-electron chi connectivity index (χ2n) is 8.90. The fraction of sp³-hybridized carbons (Fsp3) is 0.231. The van der Waals surface area contributed by atoms with E-state index in [0.717, 1.165) is 36.0 Å². The second-order valence-corrected chi connectivity index (χ2v) is 8.90. The number of aryl methyl sites for hydroxylation is 1. The maximum absolute atomic E-state index is 13.6. The Hall–Kier alpha value is -3.85. The summed E-state index contributed by atoms with van der Waals surface area (Å²) in [5.41, 5.74) is 1.61. The number of aromatic amines is 1. The molecule has 6 nitrogen and oxygen atoms in total. The zero-order chi connectivity index (χ0) is 24.9. The molecule has 0 spiro atoms. The average Bonchev–Trinajstić information content (AvgIpc) is 3.45. The van der Waals surface area contributed by atoms with Crippen molar-refractivity contribution in [2.24, 2.45) is 0 Å². The van der Waals surface area contributed by atoms with E-state index in [2.05, 4.69) is 10.3 Å². The van der Waals surface area contributed by atoms with Crippen LogP contribution in [-0.2, 0) is 22.3 Å². The average molecular weight is 480 g/mol. The molecule has 0 atom stereocenters. The Morgan fingerprint density at radius 1 is 0.943 bits per heavy atom. The van der Waals surface area contributed by atoms with Crippen molar-refractivity contribution >= 4 is 44.8 Å². The molecule has 0 unspecified atom stereocenters. The first-order valence-electron chi connectivity index (χ1n) is 11.2. The summed E-state index contributed by atoms with van der Waals surface area (Å²) in [4.78, 5) is 31.1. The molecule has 2 amide bonds. The van der Waals surface area contributed by atoms with Crippen LogP contribution in [0.4, 0.5) is 13.2 Å². The first-order chi connectivity index (χ1) is 16.6. The van der Waals surface area contributed by atoms with Gasteiger partial charge in [0.1, 0.15) is 0 Å². The van der Waals surface area contributed by atoms with Gasteiger partial charge in [0.25, 0.3) is 11.8 Å². The molecule has 0 radical (unpaired) electrons. The number of alkyl halides is 3. The third-order valence-electron chi connectivity index (χ3n) is 6.27. The predicted molar refractivity (Wildman–Crippen MR) is 128 cm³/mol. The van der Waals surface area contributed by atoms with Crippen molar-refractivity contribution in [3.05, 3.63) is 71.5 Å². The van der Waals surface area contributed by atoms with Gasteiger partial charge in [-0.05, 0) is 51.3 Å². The molecule has 2 N–H and O–H groups in total. The van der Waals surface area contributed by atoms with Gasteiger partial charge in [-0.1, -0.05) is 18.2 Å². The molecular weight excluding hydrogens is 457 g/mol. The van der Waals surface area contributed by atoms with Crippen molar-refractivity contribution in [2.45, 2.75) is 19.1 Å². The van der Waals surface area contributed by atoms with Crippen LogP contribution in [0.5, 0.6) is 0 Å². The summed E-state index contributed by atoms with van der Waals surface area (Å²) in [5, 5.41) is 3.37. The number of carbonyl (C=O) groups excluding carboxylic acids is 2. The molecule has 4 aromatic rings. The van der Waals surface area contributed by atoms with Gasteiger partial charge in [0.15, 0.2) is 0 Å². The lowest BCUT2D eigenvalue weighted by Gasteiger charge is -2.11. The molecule has 2 aromatic carbocycles. The first-order valence-corrected chi connectivity index (χ1v) is 11.2. The van der Waals surface area contributed by atoms with Gasteiger partial charge in [-0.2, -0.15) is 13.2 Å². The van der Waals surface area contributed by atoms with Gasteiger partial charge in [0.05, 0.1) is 16.7 Å². The molecule has 9 heteroatoms. The Labute approximate surface area is 199 Å². The minimum absolute atomic E-state index is 0.0791. The molecule has 3 heterocycles. The number of carbonyl (C=O) groups is 2. The van der Waals surface area contributed by atoms with Crippen LogP contribution in [0.3, 0.4) is 0 Å². The maximum Gasteiger partial charge on any atom is 0.416 e. The normalized spacial score (nSPS) is 14.7. The van der Waals surface area contributed by atoms with Crippen LogP contribution < -0.4 is 5.32 Å². The van der Waals surface area contributed by atoms with Crippen LogP contribution in [0.15, 0.2) is 54.9 Å². The molecule has 0 fully saturated rings. The largest absolute Gasteiger partial charge is 0.416 e. The third kappa shape index (κ3) is 4.01. The van der Waals surface area contributed by atoms with Crippen LogP contribution in [0.2, 0.25) is 0 Å². The molecular formula is C26H23F3N4O2. The van der Waals surface area contributed by atoms with Crippen LogP contribution in [-0.4, -0.2) is 46.9 Å². The summed E-state index contributed by atoms with van der Waals surface area (Å²) in [6.07, 6.45) is -0.449. The number of hydrogen-bond acceptors (Lipinski definition) is 3. The van der Waals surface area contributed by atoms with E-state index in [1.165, 1.54) is 6.07 Å². The Morgan fingerprint density at radius 3 is 2.37 bits per heavy atom. The van der Waals surface area contributed by atoms with Crippen LogP contribution in [0, 0.1) is 0 Å². The monoisotopic (exact) mass is 480 g/mol. The van der Waals surface area contributed by atoms with Crippen LogP contribution in [0.1, 0.15) is 23.1 Å². The number of amides is 2. The minimum Gasteiger partial charge on any atom is -0.361 e. The minimum atomic E-state index is -4.54. The van der Waals surface area contributed by atoms with Gasteiger partial charge in [-0.15, -0.1) is 0 Å². The summed E-state index contributed by atoms with van der Waals surface area (Å²) >= 11 is 0. The molecule has 35 heavy (non-hydrogen) atoms. The van der Waals surface area contributed by atoms with Crippen LogP contribution in [0.25, 0.3) is 33.0 Å². The number of nitrogens with zero attached hydrogens (tertiary/aromatic N) is 2. The Bertz CT molecular complexity index is 1510. The number of para-hydroxylation sites is 1. The number of benzene rings is 2. The molecule has 180 valence electrons. The fourth-order valence-corrected chi connectivity index (χ4v) is 4.66. The van der Waals surface area contributed by atoms with E-state index in [-0.39, 0.29) is 16.5 Å².